The van der Waals surface area contributed by atoms with Crippen molar-refractivity contribution < 1.29 is 33.8 Å². The van der Waals surface area contributed by atoms with Gasteiger partial charge in [0, 0.05) is 25.1 Å². The molecule has 2 rings (SSSR count). The van der Waals surface area contributed by atoms with E-state index in [-0.39, 0.29) is 24.0 Å². The van der Waals surface area contributed by atoms with Crippen molar-refractivity contribution in [1.29, 1.82) is 0 Å². The Balaban J connectivity index is 2.52. The van der Waals surface area contributed by atoms with Gasteiger partial charge in [-0.3, -0.25) is 4.79 Å². The van der Waals surface area contributed by atoms with Gasteiger partial charge >= 0.3 is 13.1 Å². The molecular weight excluding hydrogens is 389 g/mol. The highest BCUT2D eigenvalue weighted by Gasteiger charge is 2.52. The van der Waals surface area contributed by atoms with Crippen LogP contribution in [-0.4, -0.2) is 54.1 Å². The van der Waals surface area contributed by atoms with Crippen molar-refractivity contribution in [2.45, 2.75) is 45.8 Å². The Kier molecular flexibility index (Phi) is 7.00. The van der Waals surface area contributed by atoms with Crippen LogP contribution in [0.15, 0.2) is 23.7 Å². The Labute approximate surface area is 176 Å². The highest BCUT2D eigenvalue weighted by molar-refractivity contribution is 6.56. The van der Waals surface area contributed by atoms with Crippen molar-refractivity contribution in [2.75, 3.05) is 13.7 Å². The molecule has 0 saturated carbocycles. The molecule has 0 radical (unpaired) electrons. The van der Waals surface area contributed by atoms with Crippen LogP contribution >= 0.6 is 0 Å². The molecule has 3 N–H and O–H groups in total. The van der Waals surface area contributed by atoms with Gasteiger partial charge in [0.15, 0.2) is 11.5 Å². The predicted molar refractivity (Wildman–Crippen MR) is 114 cm³/mol. The third-order valence-corrected chi connectivity index (χ3v) is 5.20. The van der Waals surface area contributed by atoms with Gasteiger partial charge in [-0.05, 0) is 56.9 Å². The minimum absolute atomic E-state index is 0.123. The quantitative estimate of drug-likeness (QED) is 0.462. The number of phenolic OH excluding ortho intramolecular Hbond substituents is 1. The first kappa shape index (κ1) is 23.5. The van der Waals surface area contributed by atoms with Crippen LogP contribution in [0.1, 0.15) is 45.7 Å². The van der Waals surface area contributed by atoms with Crippen LogP contribution in [0.3, 0.4) is 0 Å². The van der Waals surface area contributed by atoms with Crippen LogP contribution in [0.4, 0.5) is 0 Å². The maximum Gasteiger partial charge on any atom is 0.492 e. The van der Waals surface area contributed by atoms with Gasteiger partial charge in [0.1, 0.15) is 0 Å². The minimum atomic E-state index is -1.09. The van der Waals surface area contributed by atoms with E-state index in [4.69, 9.17) is 19.2 Å². The summed E-state index contributed by atoms with van der Waals surface area (Å²) in [6.07, 6.45) is 4.03. The number of hydrogen-bond donors (Lipinski definition) is 3. The Hall–Kier alpha value is -2.78. The summed E-state index contributed by atoms with van der Waals surface area (Å²) in [7, 11) is 0.658. The topological polar surface area (TPSA) is 114 Å². The van der Waals surface area contributed by atoms with Crippen molar-refractivity contribution >= 4 is 31.1 Å². The van der Waals surface area contributed by atoms with E-state index in [0.717, 1.165) is 6.08 Å². The molecule has 1 fully saturated rings. The number of carboxylic acid groups (broad SMARTS) is 1. The molecule has 1 aromatic rings. The van der Waals surface area contributed by atoms with E-state index in [9.17, 15) is 14.7 Å². The van der Waals surface area contributed by atoms with Crippen molar-refractivity contribution in [3.05, 3.63) is 34.8 Å². The lowest BCUT2D eigenvalue weighted by Gasteiger charge is -2.32. The molecule has 0 aromatic heterocycles. The molecule has 0 aliphatic carbocycles. The van der Waals surface area contributed by atoms with Crippen LogP contribution in [0, 0.1) is 0 Å². The van der Waals surface area contributed by atoms with E-state index < -0.39 is 24.3 Å². The summed E-state index contributed by atoms with van der Waals surface area (Å²) in [6.45, 7) is 9.21. The molecule has 30 heavy (non-hydrogen) atoms. The number of ether oxygens (including phenoxy) is 1. The number of aromatic hydroxyl groups is 1. The highest BCUT2D eigenvalue weighted by atomic mass is 16.7. The van der Waals surface area contributed by atoms with Crippen molar-refractivity contribution in [3.8, 4) is 11.5 Å². The van der Waals surface area contributed by atoms with E-state index in [1.807, 2.05) is 27.7 Å². The summed E-state index contributed by atoms with van der Waals surface area (Å²) >= 11 is 0. The minimum Gasteiger partial charge on any atom is -0.504 e. The SMILES string of the molecule is COc1cc(C=CC(=O)O)cc(C=C(CNC(C)=O)B2OC(C)(C)C(C)(C)O2)c1O. The number of nitrogens with one attached hydrogen (secondary N) is 1. The molecule has 0 atom stereocenters. The third-order valence-electron chi connectivity index (χ3n) is 5.20. The fourth-order valence-corrected chi connectivity index (χ4v) is 2.80. The second-order valence-corrected chi connectivity index (χ2v) is 8.05. The molecule has 1 amide bonds. The number of methoxy groups -OCH3 is 1. The van der Waals surface area contributed by atoms with Gasteiger partial charge in [0.05, 0.1) is 18.3 Å². The standard InChI is InChI=1S/C21H28BNO7/c1-13(24)23-12-16(22-29-20(2,3)21(4,5)30-22)11-15-9-14(7-8-18(25)26)10-17(28-6)19(15)27/h7-11,27H,12H2,1-6H3,(H,23,24)(H,25,26). The smallest absolute Gasteiger partial charge is 0.492 e. The fraction of sp³-hybridized carbons (Fsp3) is 0.429. The normalized spacial score (nSPS) is 17.9. The molecule has 0 unspecified atom stereocenters. The second-order valence-electron chi connectivity index (χ2n) is 8.05. The Morgan fingerprint density at radius 3 is 2.30 bits per heavy atom. The van der Waals surface area contributed by atoms with Gasteiger partial charge < -0.3 is 29.6 Å². The predicted octanol–water partition coefficient (Wildman–Crippen LogP) is 2.65. The average Bonchev–Trinajstić information content (AvgIpc) is 2.85. The van der Waals surface area contributed by atoms with Gasteiger partial charge in [-0.2, -0.15) is 0 Å². The van der Waals surface area contributed by atoms with Gasteiger partial charge in [-0.25, -0.2) is 4.79 Å². The van der Waals surface area contributed by atoms with Crippen molar-refractivity contribution in [3.63, 3.8) is 0 Å². The Bertz CT molecular complexity index is 874. The average molecular weight is 417 g/mol. The Morgan fingerprint density at radius 1 is 1.20 bits per heavy atom. The molecule has 1 aliphatic rings. The molecule has 1 heterocycles. The number of aliphatic carboxylic acids is 1. The monoisotopic (exact) mass is 417 g/mol. The van der Waals surface area contributed by atoms with E-state index in [2.05, 4.69) is 5.32 Å². The second kappa shape index (κ2) is 8.93. The summed E-state index contributed by atoms with van der Waals surface area (Å²) in [5.74, 6) is -1.26. The lowest BCUT2D eigenvalue weighted by Crippen LogP contribution is -2.41. The molecule has 0 bridgehead atoms. The molecule has 1 saturated heterocycles. The first-order valence-electron chi connectivity index (χ1n) is 9.49. The van der Waals surface area contributed by atoms with E-state index >= 15 is 0 Å². The summed E-state index contributed by atoms with van der Waals surface area (Å²) in [4.78, 5) is 22.3. The van der Waals surface area contributed by atoms with Crippen molar-refractivity contribution in [2.24, 2.45) is 0 Å². The molecular formula is C21H28BNO7. The summed E-state index contributed by atoms with van der Waals surface area (Å²) in [5.41, 5.74) is 0.304. The van der Waals surface area contributed by atoms with Crippen LogP contribution < -0.4 is 10.1 Å². The molecule has 1 aromatic carbocycles. The van der Waals surface area contributed by atoms with Gasteiger partial charge in [-0.1, -0.05) is 6.08 Å². The summed E-state index contributed by atoms with van der Waals surface area (Å²) in [5, 5.41) is 22.2. The highest BCUT2D eigenvalue weighted by Crippen LogP contribution is 2.40. The van der Waals surface area contributed by atoms with Crippen LogP contribution in [0.5, 0.6) is 11.5 Å². The van der Waals surface area contributed by atoms with Crippen LogP contribution in [0.2, 0.25) is 0 Å². The summed E-state index contributed by atoms with van der Waals surface area (Å²) < 4.78 is 17.4. The van der Waals surface area contributed by atoms with E-state index in [0.29, 0.717) is 16.6 Å². The van der Waals surface area contributed by atoms with E-state index in [1.165, 1.54) is 26.2 Å². The molecule has 1 aliphatic heterocycles. The van der Waals surface area contributed by atoms with Gasteiger partial charge in [0.2, 0.25) is 5.91 Å². The number of carbonyl (C=O) groups excluding carboxylic acids is 1. The van der Waals surface area contributed by atoms with Crippen LogP contribution in [0.25, 0.3) is 12.2 Å². The first-order valence-corrected chi connectivity index (χ1v) is 9.49. The Morgan fingerprint density at radius 2 is 1.80 bits per heavy atom. The zero-order valence-corrected chi connectivity index (χ0v) is 18.1. The maximum absolute atomic E-state index is 11.5. The lowest BCUT2D eigenvalue weighted by molar-refractivity contribution is -0.131. The largest absolute Gasteiger partial charge is 0.504 e. The third kappa shape index (κ3) is 5.43. The van der Waals surface area contributed by atoms with E-state index in [1.54, 1.807) is 12.1 Å². The molecule has 0 spiro atoms. The van der Waals surface area contributed by atoms with Crippen molar-refractivity contribution in [1.82, 2.24) is 5.32 Å². The number of carbonyl (C=O) groups is 2. The van der Waals surface area contributed by atoms with Gasteiger partial charge in [0.25, 0.3) is 0 Å². The summed E-state index contributed by atoms with van der Waals surface area (Å²) in [6, 6.07) is 3.13. The molecule has 162 valence electrons. The van der Waals surface area contributed by atoms with Gasteiger partial charge in [-0.15, -0.1) is 0 Å². The zero-order valence-electron chi connectivity index (χ0n) is 18.1. The number of phenols is 1. The lowest BCUT2D eigenvalue weighted by atomic mass is 9.76. The fourth-order valence-electron chi connectivity index (χ4n) is 2.80. The molecule has 8 nitrogen and oxygen atoms in total. The number of hydrogen-bond acceptors (Lipinski definition) is 6. The first-order chi connectivity index (χ1) is 13.9. The number of amides is 1. The van der Waals surface area contributed by atoms with Crippen LogP contribution in [-0.2, 0) is 18.9 Å². The maximum atomic E-state index is 11.5. The molecule has 9 heteroatoms. The number of benzene rings is 1. The number of rotatable bonds is 7. The number of carboxylic acids is 1. The zero-order chi connectivity index (χ0) is 22.7.